The van der Waals surface area contributed by atoms with E-state index in [1.54, 1.807) is 24.3 Å². The second-order valence-electron chi connectivity index (χ2n) is 6.70. The number of carboxylic acids is 1. The molecule has 5 nitrogen and oxygen atoms in total. The topological polar surface area (TPSA) is 75.6 Å². The number of hydrogen-bond donors (Lipinski definition) is 2. The van der Waals surface area contributed by atoms with E-state index in [0.717, 1.165) is 24.2 Å². The van der Waals surface area contributed by atoms with E-state index >= 15 is 0 Å². The Hall–Kier alpha value is -2.82. The SMILES string of the molecule is O=C(O)[C@@H](NC(=O)[C@@H]1C[C@@]12CCOc1ccccc12)c1ccccc1. The zero-order valence-electron chi connectivity index (χ0n) is 13.6. The highest BCUT2D eigenvalue weighted by molar-refractivity contribution is 5.89. The summed E-state index contributed by atoms with van der Waals surface area (Å²) in [5.74, 6) is -0.625. The van der Waals surface area contributed by atoms with Crippen molar-refractivity contribution in [1.29, 1.82) is 0 Å². The van der Waals surface area contributed by atoms with Crippen LogP contribution in [0.15, 0.2) is 54.6 Å². The van der Waals surface area contributed by atoms with E-state index in [1.165, 1.54) is 0 Å². The summed E-state index contributed by atoms with van der Waals surface area (Å²) in [4.78, 5) is 24.4. The molecule has 1 heterocycles. The number of amides is 1. The normalized spacial score (nSPS) is 24.7. The highest BCUT2D eigenvalue weighted by Crippen LogP contribution is 2.60. The zero-order valence-corrected chi connectivity index (χ0v) is 13.6. The van der Waals surface area contributed by atoms with Crippen molar-refractivity contribution in [3.63, 3.8) is 0 Å². The van der Waals surface area contributed by atoms with Crippen molar-refractivity contribution in [2.45, 2.75) is 24.3 Å². The Morgan fingerprint density at radius 3 is 2.60 bits per heavy atom. The molecule has 1 aliphatic heterocycles. The average Bonchev–Trinajstić information content (AvgIpc) is 3.35. The molecule has 128 valence electrons. The Balaban J connectivity index is 1.55. The van der Waals surface area contributed by atoms with Gasteiger partial charge in [-0.25, -0.2) is 4.79 Å². The van der Waals surface area contributed by atoms with E-state index < -0.39 is 12.0 Å². The van der Waals surface area contributed by atoms with E-state index in [4.69, 9.17) is 4.74 Å². The van der Waals surface area contributed by atoms with Gasteiger partial charge in [0.25, 0.3) is 0 Å². The Kier molecular flexibility index (Phi) is 3.71. The van der Waals surface area contributed by atoms with Crippen molar-refractivity contribution < 1.29 is 19.4 Å². The predicted octanol–water partition coefficient (Wildman–Crippen LogP) is 2.67. The van der Waals surface area contributed by atoms with Gasteiger partial charge in [0.05, 0.1) is 6.61 Å². The van der Waals surface area contributed by atoms with Gasteiger partial charge in [-0.2, -0.15) is 0 Å². The van der Waals surface area contributed by atoms with Crippen LogP contribution in [0.3, 0.4) is 0 Å². The first kappa shape index (κ1) is 15.7. The molecule has 0 radical (unpaired) electrons. The molecule has 4 rings (SSSR count). The predicted molar refractivity (Wildman–Crippen MR) is 91.3 cm³/mol. The van der Waals surface area contributed by atoms with Crippen molar-refractivity contribution in [3.05, 3.63) is 65.7 Å². The average molecular weight is 337 g/mol. The van der Waals surface area contributed by atoms with Crippen molar-refractivity contribution in [2.24, 2.45) is 5.92 Å². The second-order valence-corrected chi connectivity index (χ2v) is 6.70. The molecule has 1 amide bonds. The minimum atomic E-state index is -1.05. The minimum absolute atomic E-state index is 0.201. The Labute approximate surface area is 145 Å². The van der Waals surface area contributed by atoms with Crippen LogP contribution >= 0.6 is 0 Å². The van der Waals surface area contributed by atoms with Crippen molar-refractivity contribution >= 4 is 11.9 Å². The van der Waals surface area contributed by atoms with Crippen LogP contribution in [0.2, 0.25) is 0 Å². The van der Waals surface area contributed by atoms with Crippen LogP contribution in [0, 0.1) is 5.92 Å². The van der Waals surface area contributed by atoms with E-state index in [0.29, 0.717) is 12.2 Å². The number of carbonyl (C=O) groups excluding carboxylic acids is 1. The van der Waals surface area contributed by atoms with Gasteiger partial charge in [-0.15, -0.1) is 0 Å². The van der Waals surface area contributed by atoms with Gasteiger partial charge in [0.1, 0.15) is 5.75 Å². The molecule has 5 heteroatoms. The third-order valence-electron chi connectivity index (χ3n) is 5.29. The lowest BCUT2D eigenvalue weighted by Crippen LogP contribution is -2.37. The van der Waals surface area contributed by atoms with Crippen LogP contribution in [-0.2, 0) is 15.0 Å². The summed E-state index contributed by atoms with van der Waals surface area (Å²) in [6.07, 6.45) is 1.52. The fourth-order valence-electron chi connectivity index (χ4n) is 3.88. The van der Waals surface area contributed by atoms with Crippen LogP contribution in [0.25, 0.3) is 0 Å². The fraction of sp³-hybridized carbons (Fsp3) is 0.300. The number of ether oxygens (including phenoxy) is 1. The van der Waals surface area contributed by atoms with E-state index in [2.05, 4.69) is 5.32 Å². The summed E-state index contributed by atoms with van der Waals surface area (Å²) >= 11 is 0. The number of carboxylic acid groups (broad SMARTS) is 1. The van der Waals surface area contributed by atoms with Gasteiger partial charge in [0.2, 0.25) is 5.91 Å². The van der Waals surface area contributed by atoms with Crippen LogP contribution in [0.5, 0.6) is 5.75 Å². The molecule has 1 spiro atoms. The van der Waals surface area contributed by atoms with Gasteiger partial charge in [0, 0.05) is 16.9 Å². The molecular weight excluding hydrogens is 318 g/mol. The number of aliphatic carboxylic acids is 1. The van der Waals surface area contributed by atoms with Gasteiger partial charge in [-0.3, -0.25) is 4.79 Å². The first-order valence-electron chi connectivity index (χ1n) is 8.42. The molecule has 25 heavy (non-hydrogen) atoms. The molecule has 0 saturated heterocycles. The highest BCUT2D eigenvalue weighted by Gasteiger charge is 2.61. The van der Waals surface area contributed by atoms with E-state index in [9.17, 15) is 14.7 Å². The number of para-hydroxylation sites is 1. The molecule has 0 aromatic heterocycles. The minimum Gasteiger partial charge on any atom is -0.493 e. The first-order chi connectivity index (χ1) is 12.1. The number of carbonyl (C=O) groups is 2. The lowest BCUT2D eigenvalue weighted by Gasteiger charge is -2.27. The van der Waals surface area contributed by atoms with Crippen LogP contribution in [-0.4, -0.2) is 23.6 Å². The number of nitrogens with one attached hydrogen (secondary N) is 1. The van der Waals surface area contributed by atoms with Gasteiger partial charge in [-0.05, 0) is 24.5 Å². The third kappa shape index (κ3) is 2.65. The first-order valence-corrected chi connectivity index (χ1v) is 8.42. The summed E-state index contributed by atoms with van der Waals surface area (Å²) < 4.78 is 5.69. The van der Waals surface area contributed by atoms with Crippen molar-refractivity contribution in [1.82, 2.24) is 5.32 Å². The molecule has 0 unspecified atom stereocenters. The van der Waals surface area contributed by atoms with Gasteiger partial charge in [-0.1, -0.05) is 48.5 Å². The van der Waals surface area contributed by atoms with Gasteiger partial charge in [0.15, 0.2) is 6.04 Å². The smallest absolute Gasteiger partial charge is 0.330 e. The summed E-state index contributed by atoms with van der Waals surface area (Å²) in [7, 11) is 0. The molecule has 3 atom stereocenters. The van der Waals surface area contributed by atoms with Crippen molar-refractivity contribution in [3.8, 4) is 5.75 Å². The summed E-state index contributed by atoms with van der Waals surface area (Å²) in [6.45, 7) is 0.585. The molecule has 2 aromatic rings. The zero-order chi connectivity index (χ0) is 17.4. The molecule has 2 aliphatic rings. The Morgan fingerprint density at radius 2 is 1.84 bits per heavy atom. The van der Waals surface area contributed by atoms with Gasteiger partial charge < -0.3 is 15.2 Å². The second kappa shape index (κ2) is 5.92. The van der Waals surface area contributed by atoms with Gasteiger partial charge >= 0.3 is 5.97 Å². The largest absolute Gasteiger partial charge is 0.493 e. The molecule has 2 N–H and O–H groups in total. The standard InChI is InChI=1S/C20H19NO4/c22-18(21-17(19(23)24)13-6-2-1-3-7-13)15-12-20(15)10-11-25-16-9-5-4-8-14(16)20/h1-9,15,17H,10-12H2,(H,21,22)(H,23,24)/t15-,17-,20+/m0/s1. The lowest BCUT2D eigenvalue weighted by atomic mass is 9.87. The number of hydrogen-bond acceptors (Lipinski definition) is 3. The maximum Gasteiger partial charge on any atom is 0.330 e. The Morgan fingerprint density at radius 1 is 1.12 bits per heavy atom. The molecule has 2 aromatic carbocycles. The molecular formula is C20H19NO4. The molecule has 1 saturated carbocycles. The van der Waals surface area contributed by atoms with Crippen LogP contribution < -0.4 is 10.1 Å². The summed E-state index contributed by atoms with van der Waals surface area (Å²) in [5, 5.41) is 12.2. The number of rotatable bonds is 4. The summed E-state index contributed by atoms with van der Waals surface area (Å²) in [5.41, 5.74) is 1.43. The Bertz CT molecular complexity index is 819. The maximum atomic E-state index is 12.8. The van der Waals surface area contributed by atoms with Crippen LogP contribution in [0.1, 0.15) is 30.0 Å². The fourth-order valence-corrected chi connectivity index (χ4v) is 3.88. The molecule has 0 bridgehead atoms. The quantitative estimate of drug-likeness (QED) is 0.899. The summed E-state index contributed by atoms with van der Waals surface area (Å²) in [6, 6.07) is 15.6. The monoisotopic (exact) mass is 337 g/mol. The molecule has 1 aliphatic carbocycles. The van der Waals surface area contributed by atoms with E-state index in [1.807, 2.05) is 30.3 Å². The lowest BCUT2D eigenvalue weighted by molar-refractivity contribution is -0.142. The number of benzene rings is 2. The third-order valence-corrected chi connectivity index (χ3v) is 5.29. The van der Waals surface area contributed by atoms with Crippen LogP contribution in [0.4, 0.5) is 0 Å². The highest BCUT2D eigenvalue weighted by atomic mass is 16.5. The van der Waals surface area contributed by atoms with Crippen molar-refractivity contribution in [2.75, 3.05) is 6.61 Å². The maximum absolute atomic E-state index is 12.8. The number of fused-ring (bicyclic) bond motifs is 2. The molecule has 1 fully saturated rings. The van der Waals surface area contributed by atoms with E-state index in [-0.39, 0.29) is 17.2 Å².